The molecular formula is C39H52N2O6. The molecule has 0 bridgehead atoms. The minimum absolute atomic E-state index is 0. The van der Waals surface area contributed by atoms with Crippen molar-refractivity contribution in [1.29, 1.82) is 0 Å². The zero-order chi connectivity index (χ0) is 34.0. The number of benzene rings is 3. The number of hydrogen-bond acceptors (Lipinski definition) is 6. The predicted octanol–water partition coefficient (Wildman–Crippen LogP) is 9.42. The van der Waals surface area contributed by atoms with Crippen molar-refractivity contribution in [3.05, 3.63) is 94.0 Å². The molecule has 0 saturated heterocycles. The third-order valence-electron chi connectivity index (χ3n) is 8.75. The van der Waals surface area contributed by atoms with E-state index < -0.39 is 11.9 Å². The molecule has 1 aliphatic carbocycles. The number of carboxylic acids is 2. The van der Waals surface area contributed by atoms with Crippen LogP contribution >= 0.6 is 0 Å². The van der Waals surface area contributed by atoms with Gasteiger partial charge in [-0.25, -0.2) is 9.59 Å². The highest BCUT2D eigenvalue weighted by Crippen LogP contribution is 2.33. The fourth-order valence-electron chi connectivity index (χ4n) is 5.66. The minimum Gasteiger partial charge on any atom is -0.478 e. The summed E-state index contributed by atoms with van der Waals surface area (Å²) in [4.78, 5) is 45.4. The van der Waals surface area contributed by atoms with E-state index in [4.69, 9.17) is 5.11 Å². The molecule has 0 unspecified atom stereocenters. The lowest BCUT2D eigenvalue weighted by Gasteiger charge is -2.31. The molecule has 3 aromatic carbocycles. The number of rotatable bonds is 12. The Labute approximate surface area is 280 Å². The first-order valence-corrected chi connectivity index (χ1v) is 16.1. The Kier molecular flexibility index (Phi) is 14.9. The summed E-state index contributed by atoms with van der Waals surface area (Å²) in [7, 11) is 0. The summed E-state index contributed by atoms with van der Waals surface area (Å²) in [5.74, 6) is 0.388. The number of ketones is 2. The van der Waals surface area contributed by atoms with Gasteiger partial charge in [-0.15, -0.1) is 0 Å². The van der Waals surface area contributed by atoms with E-state index in [-0.39, 0.29) is 30.1 Å². The largest absolute Gasteiger partial charge is 0.478 e. The van der Waals surface area contributed by atoms with Crippen molar-refractivity contribution in [2.75, 3.05) is 17.2 Å². The van der Waals surface area contributed by atoms with E-state index in [1.165, 1.54) is 63.3 Å². The van der Waals surface area contributed by atoms with Crippen LogP contribution in [0.1, 0.15) is 133 Å². The summed E-state index contributed by atoms with van der Waals surface area (Å²) < 4.78 is 0. The number of anilines is 2. The third kappa shape index (κ3) is 12.0. The lowest BCUT2D eigenvalue weighted by Crippen LogP contribution is -2.23. The van der Waals surface area contributed by atoms with Crippen molar-refractivity contribution in [3.63, 3.8) is 0 Å². The Balaban J connectivity index is 0.000000320. The van der Waals surface area contributed by atoms with Crippen LogP contribution in [0, 0.1) is 17.8 Å². The summed E-state index contributed by atoms with van der Waals surface area (Å²) in [6, 6.07) is 17.7. The Bertz CT molecular complexity index is 1450. The van der Waals surface area contributed by atoms with Crippen LogP contribution in [0.5, 0.6) is 0 Å². The van der Waals surface area contributed by atoms with Gasteiger partial charge in [0, 0.05) is 35.6 Å². The fraction of sp³-hybridized carbons (Fsp3) is 0.436. The summed E-state index contributed by atoms with van der Waals surface area (Å²) in [6.07, 6.45) is 4.98. The van der Waals surface area contributed by atoms with E-state index in [1.807, 2.05) is 0 Å². The number of hydrogen-bond donors (Lipinski definition) is 4. The van der Waals surface area contributed by atoms with E-state index in [2.05, 4.69) is 62.6 Å². The number of carbonyl (C=O) groups excluding carboxylic acids is 2. The Morgan fingerprint density at radius 2 is 1.13 bits per heavy atom. The Morgan fingerprint density at radius 3 is 1.53 bits per heavy atom. The first-order chi connectivity index (χ1) is 21.7. The molecule has 0 atom stereocenters. The minimum atomic E-state index is -1.04. The van der Waals surface area contributed by atoms with Crippen molar-refractivity contribution in [3.8, 4) is 0 Å². The molecule has 1 saturated carbocycles. The molecule has 254 valence electrons. The molecule has 0 aromatic heterocycles. The van der Waals surface area contributed by atoms with Crippen molar-refractivity contribution < 1.29 is 29.4 Å². The van der Waals surface area contributed by atoms with Crippen LogP contribution in [0.15, 0.2) is 60.7 Å². The van der Waals surface area contributed by atoms with E-state index >= 15 is 0 Å². The Morgan fingerprint density at radius 1 is 0.681 bits per heavy atom. The molecule has 8 nitrogen and oxygen atoms in total. The summed E-state index contributed by atoms with van der Waals surface area (Å²) in [5.41, 5.74) is 4.82. The molecule has 0 amide bonds. The van der Waals surface area contributed by atoms with Crippen LogP contribution in [0.3, 0.4) is 0 Å². The fourth-order valence-corrected chi connectivity index (χ4v) is 5.66. The van der Waals surface area contributed by atoms with Crippen LogP contribution in [-0.4, -0.2) is 40.3 Å². The molecule has 3 aromatic rings. The predicted molar refractivity (Wildman–Crippen MR) is 190 cm³/mol. The van der Waals surface area contributed by atoms with Crippen LogP contribution in [-0.2, 0) is 6.54 Å². The van der Waals surface area contributed by atoms with Crippen LogP contribution in [0.4, 0.5) is 11.4 Å². The lowest BCUT2D eigenvalue weighted by molar-refractivity contribution is 0.0686. The molecule has 4 N–H and O–H groups in total. The second kappa shape index (κ2) is 18.0. The molecule has 1 fully saturated rings. The zero-order valence-electron chi connectivity index (χ0n) is 27.9. The van der Waals surface area contributed by atoms with Crippen LogP contribution in [0.25, 0.3) is 0 Å². The molecule has 4 rings (SSSR count). The van der Waals surface area contributed by atoms with Gasteiger partial charge in [-0.3, -0.25) is 9.59 Å². The van der Waals surface area contributed by atoms with Crippen LogP contribution in [0.2, 0.25) is 0 Å². The van der Waals surface area contributed by atoms with Gasteiger partial charge < -0.3 is 20.8 Å². The second-order valence-electron chi connectivity index (χ2n) is 13.0. The number of Topliss-reactive ketones (excluding diaryl/α,β-unsaturated/α-hetero) is 2. The average Bonchev–Trinajstić information content (AvgIpc) is 3.03. The van der Waals surface area contributed by atoms with E-state index in [9.17, 15) is 24.3 Å². The molecule has 0 radical (unpaired) electrons. The normalized spacial score (nSPS) is 15.6. The highest BCUT2D eigenvalue weighted by atomic mass is 16.4. The van der Waals surface area contributed by atoms with E-state index in [1.54, 1.807) is 18.2 Å². The smallest absolute Gasteiger partial charge is 0.335 e. The quantitative estimate of drug-likeness (QED) is 0.143. The Hall–Kier alpha value is -4.46. The summed E-state index contributed by atoms with van der Waals surface area (Å²) >= 11 is 0. The maximum Gasteiger partial charge on any atom is 0.335 e. The van der Waals surface area contributed by atoms with E-state index in [0.29, 0.717) is 35.2 Å². The second-order valence-corrected chi connectivity index (χ2v) is 13.0. The van der Waals surface area contributed by atoms with E-state index in [0.717, 1.165) is 29.6 Å². The standard InChI is InChI=1S/C19H27NO3.C19H21NO3.CH4/c2*1-12(2)15-6-4-14(5-7-15)11-20-18-9-16(13(3)21)8-17(10-18)19(22)23;/h8-10,12,14-15,20H,4-7,11H2,1-3H3,(H,22,23);4-10,12,20H,11H2,1-3H3,(H,22,23);1H4. The first-order valence-electron chi connectivity index (χ1n) is 16.1. The molecule has 0 spiro atoms. The van der Waals surface area contributed by atoms with Gasteiger partial charge in [0.1, 0.15) is 0 Å². The van der Waals surface area contributed by atoms with Gasteiger partial charge in [-0.1, -0.05) is 59.4 Å². The van der Waals surface area contributed by atoms with Gasteiger partial charge in [-0.2, -0.15) is 0 Å². The lowest BCUT2D eigenvalue weighted by atomic mass is 9.77. The molecule has 8 heteroatoms. The van der Waals surface area contributed by atoms with Crippen molar-refractivity contribution in [2.45, 2.75) is 87.1 Å². The van der Waals surface area contributed by atoms with Crippen molar-refractivity contribution in [2.24, 2.45) is 17.8 Å². The first kappa shape index (κ1) is 38.7. The number of carboxylic acid groups (broad SMARTS) is 2. The summed E-state index contributed by atoms with van der Waals surface area (Å²) in [5, 5.41) is 24.8. The van der Waals surface area contributed by atoms with Gasteiger partial charge >= 0.3 is 11.9 Å². The van der Waals surface area contributed by atoms with Crippen LogP contribution < -0.4 is 10.6 Å². The topological polar surface area (TPSA) is 133 Å². The van der Waals surface area contributed by atoms with Gasteiger partial charge in [0.25, 0.3) is 0 Å². The molecule has 0 aliphatic heterocycles. The SMILES string of the molecule is C.CC(=O)c1cc(NCC2CCC(C(C)C)CC2)cc(C(=O)O)c1.CC(=O)c1cc(NCc2ccc(C(C)C)cc2)cc(C(=O)O)c1. The van der Waals surface area contributed by atoms with Crippen molar-refractivity contribution in [1.82, 2.24) is 0 Å². The maximum atomic E-state index is 11.6. The number of carbonyl (C=O) groups is 4. The molecule has 47 heavy (non-hydrogen) atoms. The average molecular weight is 645 g/mol. The monoisotopic (exact) mass is 644 g/mol. The zero-order valence-corrected chi connectivity index (χ0v) is 27.9. The molecule has 1 aliphatic rings. The van der Waals surface area contributed by atoms with Crippen molar-refractivity contribution >= 4 is 34.9 Å². The third-order valence-corrected chi connectivity index (χ3v) is 8.75. The molecule has 0 heterocycles. The number of nitrogens with one attached hydrogen (secondary N) is 2. The van der Waals surface area contributed by atoms with Gasteiger partial charge in [-0.05, 0) is 111 Å². The highest BCUT2D eigenvalue weighted by molar-refractivity contribution is 5.99. The van der Waals surface area contributed by atoms with Gasteiger partial charge in [0.05, 0.1) is 11.1 Å². The summed E-state index contributed by atoms with van der Waals surface area (Å²) in [6.45, 7) is 13.2. The maximum absolute atomic E-state index is 11.6. The number of aromatic carboxylic acids is 2. The molecular weight excluding hydrogens is 592 g/mol. The van der Waals surface area contributed by atoms with Gasteiger partial charge in [0.2, 0.25) is 0 Å². The highest BCUT2D eigenvalue weighted by Gasteiger charge is 2.23. The van der Waals surface area contributed by atoms with Gasteiger partial charge in [0.15, 0.2) is 11.6 Å².